The van der Waals surface area contributed by atoms with Crippen molar-refractivity contribution in [2.24, 2.45) is 0 Å². The van der Waals surface area contributed by atoms with Gasteiger partial charge in [0.25, 0.3) is 0 Å². The zero-order chi connectivity index (χ0) is 17.0. The SMILES string of the molecule is C[C@@H](Cc1c(F)cccc1F)NC(=O)CS(=O)(=O)c1ncc[nH]1. The predicted molar refractivity (Wildman–Crippen MR) is 78.3 cm³/mol. The van der Waals surface area contributed by atoms with Gasteiger partial charge in [0.15, 0.2) is 0 Å². The van der Waals surface area contributed by atoms with Gasteiger partial charge in [0.2, 0.25) is 20.9 Å². The number of carbonyl (C=O) groups excluding carboxylic acids is 1. The number of halogens is 2. The van der Waals surface area contributed by atoms with Crippen molar-refractivity contribution in [3.8, 4) is 0 Å². The molecule has 2 aromatic rings. The predicted octanol–water partition coefficient (Wildman–Crippen LogP) is 1.21. The summed E-state index contributed by atoms with van der Waals surface area (Å²) >= 11 is 0. The number of carbonyl (C=O) groups is 1. The highest BCUT2D eigenvalue weighted by Crippen LogP contribution is 2.14. The molecule has 0 aliphatic rings. The lowest BCUT2D eigenvalue weighted by Gasteiger charge is -2.14. The molecule has 0 aliphatic carbocycles. The third kappa shape index (κ3) is 4.35. The van der Waals surface area contributed by atoms with Gasteiger partial charge in [-0.1, -0.05) is 6.07 Å². The van der Waals surface area contributed by atoms with Gasteiger partial charge in [0.1, 0.15) is 17.4 Å². The van der Waals surface area contributed by atoms with Crippen LogP contribution in [0, 0.1) is 11.6 Å². The van der Waals surface area contributed by atoms with Crippen LogP contribution in [-0.4, -0.2) is 36.1 Å². The number of hydrogen-bond donors (Lipinski definition) is 2. The molecule has 6 nitrogen and oxygen atoms in total. The number of benzene rings is 1. The Hall–Kier alpha value is -2.29. The molecule has 2 N–H and O–H groups in total. The van der Waals surface area contributed by atoms with Crippen LogP contribution in [0.2, 0.25) is 0 Å². The maximum atomic E-state index is 13.5. The molecule has 1 aromatic carbocycles. The standard InChI is InChI=1S/C14H15F2N3O3S/c1-9(7-10-11(15)3-2-4-12(10)16)19-13(20)8-23(21,22)14-17-5-6-18-14/h2-6,9H,7-8H2,1H3,(H,17,18)(H,19,20)/t9-/m0/s1. The Balaban J connectivity index is 1.98. The highest BCUT2D eigenvalue weighted by Gasteiger charge is 2.23. The largest absolute Gasteiger partial charge is 0.352 e. The first-order chi connectivity index (χ1) is 10.8. The molecule has 1 atom stereocenters. The van der Waals surface area contributed by atoms with Gasteiger partial charge in [-0.3, -0.25) is 4.79 Å². The van der Waals surface area contributed by atoms with Gasteiger partial charge < -0.3 is 10.3 Å². The molecule has 23 heavy (non-hydrogen) atoms. The van der Waals surface area contributed by atoms with Crippen LogP contribution in [0.4, 0.5) is 8.78 Å². The number of H-pyrrole nitrogens is 1. The van der Waals surface area contributed by atoms with E-state index in [1.54, 1.807) is 0 Å². The number of aromatic nitrogens is 2. The van der Waals surface area contributed by atoms with Crippen molar-refractivity contribution in [3.63, 3.8) is 0 Å². The quantitative estimate of drug-likeness (QED) is 0.825. The van der Waals surface area contributed by atoms with E-state index in [-0.39, 0.29) is 17.1 Å². The Bertz CT molecular complexity index is 771. The number of rotatable bonds is 6. The lowest BCUT2D eigenvalue weighted by atomic mass is 10.1. The molecule has 0 fully saturated rings. The van der Waals surface area contributed by atoms with E-state index in [1.165, 1.54) is 25.4 Å². The van der Waals surface area contributed by atoms with Crippen molar-refractivity contribution in [1.29, 1.82) is 0 Å². The minimum absolute atomic E-state index is 0.0922. The smallest absolute Gasteiger partial charge is 0.235 e. The minimum Gasteiger partial charge on any atom is -0.352 e. The number of hydrogen-bond acceptors (Lipinski definition) is 4. The zero-order valence-electron chi connectivity index (χ0n) is 12.2. The van der Waals surface area contributed by atoms with E-state index in [9.17, 15) is 22.0 Å². The van der Waals surface area contributed by atoms with Gasteiger partial charge in [-0.25, -0.2) is 22.2 Å². The number of aromatic amines is 1. The number of nitrogens with zero attached hydrogens (tertiary/aromatic N) is 1. The molecule has 0 spiro atoms. The summed E-state index contributed by atoms with van der Waals surface area (Å²) in [5.41, 5.74) is -0.158. The Morgan fingerprint density at radius 1 is 1.35 bits per heavy atom. The monoisotopic (exact) mass is 343 g/mol. The lowest BCUT2D eigenvalue weighted by Crippen LogP contribution is -2.38. The third-order valence-corrected chi connectivity index (χ3v) is 4.52. The van der Waals surface area contributed by atoms with E-state index in [2.05, 4.69) is 15.3 Å². The fraction of sp³-hybridized carbons (Fsp3) is 0.286. The van der Waals surface area contributed by atoms with E-state index in [4.69, 9.17) is 0 Å². The molecule has 0 saturated heterocycles. The fourth-order valence-electron chi connectivity index (χ4n) is 2.06. The van der Waals surface area contributed by atoms with E-state index < -0.39 is 39.2 Å². The summed E-state index contributed by atoms with van der Waals surface area (Å²) in [6, 6.07) is 2.84. The van der Waals surface area contributed by atoms with Crippen LogP contribution in [0.1, 0.15) is 12.5 Å². The summed E-state index contributed by atoms with van der Waals surface area (Å²) in [5, 5.41) is 2.10. The van der Waals surface area contributed by atoms with Crippen molar-refractivity contribution in [2.75, 3.05) is 5.75 Å². The average Bonchev–Trinajstić information content (AvgIpc) is 2.97. The van der Waals surface area contributed by atoms with Crippen molar-refractivity contribution in [1.82, 2.24) is 15.3 Å². The zero-order valence-corrected chi connectivity index (χ0v) is 13.0. The molecular weight excluding hydrogens is 328 g/mol. The number of amides is 1. The van der Waals surface area contributed by atoms with Gasteiger partial charge in [-0.05, 0) is 25.5 Å². The van der Waals surface area contributed by atoms with Gasteiger partial charge >= 0.3 is 0 Å². The van der Waals surface area contributed by atoms with E-state index in [1.807, 2.05) is 0 Å². The second kappa shape index (κ2) is 6.86. The summed E-state index contributed by atoms with van der Waals surface area (Å²) in [6.45, 7) is 1.53. The van der Waals surface area contributed by atoms with E-state index >= 15 is 0 Å². The Morgan fingerprint density at radius 2 is 2.00 bits per heavy atom. The number of sulfone groups is 1. The molecule has 1 amide bonds. The molecule has 0 bridgehead atoms. The average molecular weight is 343 g/mol. The molecule has 2 rings (SSSR count). The Labute approximate surface area is 131 Å². The van der Waals surface area contributed by atoms with E-state index in [0.29, 0.717) is 0 Å². The van der Waals surface area contributed by atoms with Crippen LogP contribution < -0.4 is 5.32 Å². The fourth-order valence-corrected chi connectivity index (χ4v) is 3.10. The second-order valence-electron chi connectivity index (χ2n) is 5.03. The topological polar surface area (TPSA) is 91.9 Å². The molecule has 1 aromatic heterocycles. The van der Waals surface area contributed by atoms with Gasteiger partial charge in [-0.15, -0.1) is 0 Å². The summed E-state index contributed by atoms with van der Waals surface area (Å²) in [6.07, 6.45) is 2.49. The number of nitrogens with one attached hydrogen (secondary N) is 2. The molecule has 0 aliphatic heterocycles. The van der Waals surface area contributed by atoms with Gasteiger partial charge in [0.05, 0.1) is 0 Å². The normalized spacial score (nSPS) is 12.8. The van der Waals surface area contributed by atoms with Crippen molar-refractivity contribution < 1.29 is 22.0 Å². The Morgan fingerprint density at radius 3 is 2.57 bits per heavy atom. The van der Waals surface area contributed by atoms with Crippen LogP contribution >= 0.6 is 0 Å². The molecule has 1 heterocycles. The summed E-state index contributed by atoms with van der Waals surface area (Å²) < 4.78 is 50.8. The van der Waals surface area contributed by atoms with Gasteiger partial charge in [-0.2, -0.15) is 0 Å². The summed E-state index contributed by atoms with van der Waals surface area (Å²) in [7, 11) is -3.88. The first-order valence-corrected chi connectivity index (χ1v) is 8.39. The second-order valence-corrected chi connectivity index (χ2v) is 6.93. The minimum atomic E-state index is -3.88. The Kier molecular flexibility index (Phi) is 5.09. The van der Waals surface area contributed by atoms with Crippen LogP contribution in [0.3, 0.4) is 0 Å². The van der Waals surface area contributed by atoms with Crippen molar-refractivity contribution in [3.05, 3.63) is 47.8 Å². The molecule has 0 saturated carbocycles. The first kappa shape index (κ1) is 17.1. The molecular formula is C14H15F2N3O3S. The molecule has 0 unspecified atom stereocenters. The maximum Gasteiger partial charge on any atom is 0.235 e. The summed E-state index contributed by atoms with van der Waals surface area (Å²) in [5.74, 6) is -3.00. The third-order valence-electron chi connectivity index (χ3n) is 3.07. The lowest BCUT2D eigenvalue weighted by molar-refractivity contribution is -0.119. The highest BCUT2D eigenvalue weighted by atomic mass is 32.2. The van der Waals surface area contributed by atoms with Crippen molar-refractivity contribution >= 4 is 15.7 Å². The number of imidazole rings is 1. The first-order valence-electron chi connectivity index (χ1n) is 6.74. The van der Waals surface area contributed by atoms with Crippen LogP contribution in [0.15, 0.2) is 35.7 Å². The van der Waals surface area contributed by atoms with Crippen molar-refractivity contribution in [2.45, 2.75) is 24.5 Å². The molecule has 124 valence electrons. The molecule has 9 heteroatoms. The van der Waals surface area contributed by atoms with Gasteiger partial charge in [0, 0.05) is 24.0 Å². The highest BCUT2D eigenvalue weighted by molar-refractivity contribution is 7.91. The molecule has 0 radical (unpaired) electrons. The summed E-state index contributed by atoms with van der Waals surface area (Å²) in [4.78, 5) is 17.8. The van der Waals surface area contributed by atoms with Crippen LogP contribution in [-0.2, 0) is 21.1 Å². The van der Waals surface area contributed by atoms with Crippen LogP contribution in [0.25, 0.3) is 0 Å². The maximum absolute atomic E-state index is 13.5. The van der Waals surface area contributed by atoms with E-state index in [0.717, 1.165) is 12.1 Å². The van der Waals surface area contributed by atoms with Crippen LogP contribution in [0.5, 0.6) is 0 Å².